The van der Waals surface area contributed by atoms with E-state index in [0.29, 0.717) is 6.61 Å². The Labute approximate surface area is 160 Å². The first-order chi connectivity index (χ1) is 13.3. The van der Waals surface area contributed by atoms with Gasteiger partial charge in [-0.05, 0) is 41.8 Å². The Hall–Kier alpha value is -2.91. The van der Waals surface area contributed by atoms with Gasteiger partial charge in [0.1, 0.15) is 11.5 Å². The molecule has 0 fully saturated rings. The Morgan fingerprint density at radius 3 is 2.37 bits per heavy atom. The maximum absolute atomic E-state index is 6.03. The standard InChI is InChI=1S/C24H23NO2/c1-2-26-24-17-21(16-23(27-24)22-10-6-7-15-25-22)20-13-11-19(12-14-20)18-8-4-3-5-9-18/h3-16,21,24H,2,17H2,1H3. The van der Waals surface area contributed by atoms with Crippen LogP contribution in [0.5, 0.6) is 0 Å². The number of nitrogens with zero attached hydrogens (tertiary/aromatic N) is 1. The van der Waals surface area contributed by atoms with Crippen LogP contribution in [0.1, 0.15) is 30.5 Å². The van der Waals surface area contributed by atoms with Gasteiger partial charge in [0.15, 0.2) is 0 Å². The number of pyridine rings is 1. The van der Waals surface area contributed by atoms with Crippen molar-refractivity contribution in [3.63, 3.8) is 0 Å². The summed E-state index contributed by atoms with van der Waals surface area (Å²) in [6, 6.07) is 25.1. The first-order valence-electron chi connectivity index (χ1n) is 9.40. The van der Waals surface area contributed by atoms with Gasteiger partial charge in [0, 0.05) is 25.1 Å². The lowest BCUT2D eigenvalue weighted by atomic mass is 9.91. The van der Waals surface area contributed by atoms with E-state index in [1.165, 1.54) is 16.7 Å². The van der Waals surface area contributed by atoms with Crippen molar-refractivity contribution in [2.45, 2.75) is 25.6 Å². The molecule has 136 valence electrons. The van der Waals surface area contributed by atoms with Gasteiger partial charge in [0.05, 0.1) is 0 Å². The van der Waals surface area contributed by atoms with Crippen LogP contribution >= 0.6 is 0 Å². The molecule has 1 aromatic heterocycles. The molecule has 2 unspecified atom stereocenters. The normalized spacial score (nSPS) is 19.2. The van der Waals surface area contributed by atoms with Crippen LogP contribution in [0.25, 0.3) is 16.9 Å². The van der Waals surface area contributed by atoms with Crippen LogP contribution in [-0.2, 0) is 9.47 Å². The van der Waals surface area contributed by atoms with Crippen molar-refractivity contribution in [1.82, 2.24) is 4.98 Å². The summed E-state index contributed by atoms with van der Waals surface area (Å²) in [4.78, 5) is 4.43. The van der Waals surface area contributed by atoms with Crippen molar-refractivity contribution < 1.29 is 9.47 Å². The highest BCUT2D eigenvalue weighted by Gasteiger charge is 2.26. The molecular formula is C24H23NO2. The number of allylic oxidation sites excluding steroid dienone is 1. The maximum Gasteiger partial charge on any atom is 0.200 e. The minimum Gasteiger partial charge on any atom is -0.463 e. The molecule has 4 rings (SSSR count). The number of hydrogen-bond donors (Lipinski definition) is 0. The predicted molar refractivity (Wildman–Crippen MR) is 108 cm³/mol. The van der Waals surface area contributed by atoms with Crippen molar-refractivity contribution in [1.29, 1.82) is 0 Å². The molecule has 3 aromatic rings. The van der Waals surface area contributed by atoms with Crippen molar-refractivity contribution in [2.24, 2.45) is 0 Å². The van der Waals surface area contributed by atoms with Gasteiger partial charge in [-0.2, -0.15) is 0 Å². The number of benzene rings is 2. The zero-order valence-corrected chi connectivity index (χ0v) is 15.4. The lowest BCUT2D eigenvalue weighted by molar-refractivity contribution is -0.104. The van der Waals surface area contributed by atoms with Gasteiger partial charge < -0.3 is 9.47 Å². The van der Waals surface area contributed by atoms with Gasteiger partial charge in [0.2, 0.25) is 6.29 Å². The van der Waals surface area contributed by atoms with Crippen LogP contribution in [0, 0.1) is 0 Å². The van der Waals surface area contributed by atoms with Crippen molar-refractivity contribution in [3.05, 3.63) is 96.3 Å². The molecule has 0 radical (unpaired) electrons. The van der Waals surface area contributed by atoms with Crippen LogP contribution in [0.4, 0.5) is 0 Å². The molecule has 1 aliphatic rings. The highest BCUT2D eigenvalue weighted by Crippen LogP contribution is 2.35. The molecule has 0 spiro atoms. The van der Waals surface area contributed by atoms with Crippen LogP contribution in [0.15, 0.2) is 85.1 Å². The minimum atomic E-state index is -0.254. The summed E-state index contributed by atoms with van der Waals surface area (Å²) in [5.74, 6) is 1.02. The van der Waals surface area contributed by atoms with E-state index in [4.69, 9.17) is 9.47 Å². The highest BCUT2D eigenvalue weighted by atomic mass is 16.7. The van der Waals surface area contributed by atoms with E-state index in [0.717, 1.165) is 17.9 Å². The average Bonchev–Trinajstić information content (AvgIpc) is 2.75. The molecule has 0 saturated heterocycles. The molecule has 0 aliphatic carbocycles. The quantitative estimate of drug-likeness (QED) is 0.591. The number of rotatable bonds is 5. The molecule has 2 heterocycles. The third-order valence-corrected chi connectivity index (χ3v) is 4.77. The Kier molecular flexibility index (Phi) is 5.31. The number of hydrogen-bond acceptors (Lipinski definition) is 3. The zero-order chi connectivity index (χ0) is 18.5. The summed E-state index contributed by atoms with van der Waals surface area (Å²) in [6.07, 6.45) is 4.49. The second-order valence-corrected chi connectivity index (χ2v) is 6.58. The van der Waals surface area contributed by atoms with Gasteiger partial charge in [0.25, 0.3) is 0 Å². The SMILES string of the molecule is CCOC1CC(c2ccc(-c3ccccc3)cc2)C=C(c2ccccn2)O1. The summed E-state index contributed by atoms with van der Waals surface area (Å²) in [5, 5.41) is 0. The summed E-state index contributed by atoms with van der Waals surface area (Å²) in [5.41, 5.74) is 4.55. The first-order valence-corrected chi connectivity index (χ1v) is 9.40. The topological polar surface area (TPSA) is 31.4 Å². The van der Waals surface area contributed by atoms with Crippen molar-refractivity contribution in [2.75, 3.05) is 6.61 Å². The van der Waals surface area contributed by atoms with Crippen molar-refractivity contribution in [3.8, 4) is 11.1 Å². The summed E-state index contributed by atoms with van der Waals surface area (Å²) in [6.45, 7) is 2.62. The lowest BCUT2D eigenvalue weighted by Crippen LogP contribution is -2.24. The highest BCUT2D eigenvalue weighted by molar-refractivity contribution is 5.64. The maximum atomic E-state index is 6.03. The second-order valence-electron chi connectivity index (χ2n) is 6.58. The Morgan fingerprint density at radius 1 is 0.926 bits per heavy atom. The van der Waals surface area contributed by atoms with Gasteiger partial charge in [-0.1, -0.05) is 60.7 Å². The molecule has 0 N–H and O–H groups in total. The van der Waals surface area contributed by atoms with Gasteiger partial charge in [-0.15, -0.1) is 0 Å². The van der Waals surface area contributed by atoms with Crippen LogP contribution in [0.3, 0.4) is 0 Å². The summed E-state index contributed by atoms with van der Waals surface area (Å²) >= 11 is 0. The van der Waals surface area contributed by atoms with Crippen LogP contribution in [0.2, 0.25) is 0 Å². The molecule has 27 heavy (non-hydrogen) atoms. The fraction of sp³-hybridized carbons (Fsp3) is 0.208. The lowest BCUT2D eigenvalue weighted by Gasteiger charge is -2.29. The van der Waals surface area contributed by atoms with Gasteiger partial charge in [-0.3, -0.25) is 4.98 Å². The minimum absolute atomic E-state index is 0.233. The fourth-order valence-electron chi connectivity index (χ4n) is 3.42. The van der Waals surface area contributed by atoms with E-state index in [9.17, 15) is 0 Å². The molecule has 0 amide bonds. The van der Waals surface area contributed by atoms with E-state index in [1.54, 1.807) is 6.20 Å². The van der Waals surface area contributed by atoms with E-state index >= 15 is 0 Å². The van der Waals surface area contributed by atoms with Crippen LogP contribution in [-0.4, -0.2) is 17.9 Å². The third-order valence-electron chi connectivity index (χ3n) is 4.77. The monoisotopic (exact) mass is 357 g/mol. The molecular weight excluding hydrogens is 334 g/mol. The van der Waals surface area contributed by atoms with Crippen molar-refractivity contribution >= 4 is 5.76 Å². The molecule has 2 atom stereocenters. The number of ether oxygens (including phenoxy) is 2. The van der Waals surface area contributed by atoms with Gasteiger partial charge in [-0.25, -0.2) is 0 Å². The molecule has 2 aromatic carbocycles. The zero-order valence-electron chi connectivity index (χ0n) is 15.4. The molecule has 0 saturated carbocycles. The largest absolute Gasteiger partial charge is 0.463 e. The summed E-state index contributed by atoms with van der Waals surface area (Å²) in [7, 11) is 0. The smallest absolute Gasteiger partial charge is 0.200 e. The molecule has 3 nitrogen and oxygen atoms in total. The third kappa shape index (κ3) is 4.09. The van der Waals surface area contributed by atoms with Gasteiger partial charge >= 0.3 is 0 Å². The number of aromatic nitrogens is 1. The van der Waals surface area contributed by atoms with E-state index < -0.39 is 0 Å². The van der Waals surface area contributed by atoms with Crippen LogP contribution < -0.4 is 0 Å². The fourth-order valence-corrected chi connectivity index (χ4v) is 3.42. The molecule has 1 aliphatic heterocycles. The first kappa shape index (κ1) is 17.5. The molecule has 3 heteroatoms. The average molecular weight is 357 g/mol. The Balaban J connectivity index is 1.62. The summed E-state index contributed by atoms with van der Waals surface area (Å²) < 4.78 is 11.8. The van der Waals surface area contributed by atoms with E-state index in [-0.39, 0.29) is 12.2 Å². The Morgan fingerprint density at radius 2 is 1.67 bits per heavy atom. The van der Waals surface area contributed by atoms with E-state index in [2.05, 4.69) is 59.6 Å². The Bertz CT molecular complexity index is 889. The predicted octanol–water partition coefficient (Wildman–Crippen LogP) is 5.66. The second kappa shape index (κ2) is 8.19. The van der Waals surface area contributed by atoms with E-state index in [1.807, 2.05) is 31.2 Å². The molecule has 0 bridgehead atoms.